The Balaban J connectivity index is 2.15. The van der Waals surface area contributed by atoms with Crippen LogP contribution >= 0.6 is 11.6 Å². The molecule has 0 aliphatic carbocycles. The van der Waals surface area contributed by atoms with Gasteiger partial charge in [0.05, 0.1) is 23.9 Å². The van der Waals surface area contributed by atoms with Gasteiger partial charge in [-0.1, -0.05) is 11.6 Å². The molecule has 0 spiro atoms. The fourth-order valence-electron chi connectivity index (χ4n) is 1.82. The summed E-state index contributed by atoms with van der Waals surface area (Å²) in [5.41, 5.74) is 0.694. The second-order valence-corrected chi connectivity index (χ2v) is 4.31. The molecule has 0 saturated carbocycles. The fraction of sp³-hybridized carbons (Fsp3) is 0.417. The molecule has 1 amide bonds. The number of halogens is 1. The van der Waals surface area contributed by atoms with E-state index in [0.29, 0.717) is 29.5 Å². The molecule has 98 valence electrons. The lowest BCUT2D eigenvalue weighted by Crippen LogP contribution is -2.48. The summed E-state index contributed by atoms with van der Waals surface area (Å²) in [4.78, 5) is 13.4. The van der Waals surface area contributed by atoms with Crippen molar-refractivity contribution in [2.75, 3.05) is 37.7 Å². The first-order valence-corrected chi connectivity index (χ1v) is 6.14. The van der Waals surface area contributed by atoms with Crippen LogP contribution in [-0.2, 0) is 4.79 Å². The van der Waals surface area contributed by atoms with Crippen LogP contribution in [0.25, 0.3) is 0 Å². The van der Waals surface area contributed by atoms with Crippen LogP contribution in [0.3, 0.4) is 0 Å². The predicted octanol–water partition coefficient (Wildman–Crippen LogP) is 0.647. The Bertz CT molecular complexity index is 439. The number of rotatable bonds is 4. The van der Waals surface area contributed by atoms with Crippen molar-refractivity contribution in [1.29, 1.82) is 0 Å². The Morgan fingerprint density at radius 3 is 3.00 bits per heavy atom. The second kappa shape index (κ2) is 6.04. The van der Waals surface area contributed by atoms with Gasteiger partial charge in [-0.05, 0) is 12.1 Å². The Morgan fingerprint density at radius 2 is 2.33 bits per heavy atom. The number of hydrogen-bond donors (Lipinski definition) is 2. The van der Waals surface area contributed by atoms with E-state index in [4.69, 9.17) is 21.4 Å². The first-order chi connectivity index (χ1) is 8.72. The topological polar surface area (TPSA) is 61.8 Å². The minimum Gasteiger partial charge on any atom is -0.491 e. The number of carbonyl (C=O) groups excluding carboxylic acids is 1. The summed E-state index contributed by atoms with van der Waals surface area (Å²) in [7, 11) is 0. The molecular weight excluding hydrogens is 256 g/mol. The summed E-state index contributed by atoms with van der Waals surface area (Å²) in [6.07, 6.45) is 0. The van der Waals surface area contributed by atoms with Crippen LogP contribution < -0.4 is 15.0 Å². The SMILES string of the molecule is O=C1CNCCN1c1ccc(OCCO)cc1Cl. The summed E-state index contributed by atoms with van der Waals surface area (Å²) >= 11 is 6.15. The third-order valence-electron chi connectivity index (χ3n) is 2.66. The number of piperazine rings is 1. The van der Waals surface area contributed by atoms with Crippen LogP contribution in [0.15, 0.2) is 18.2 Å². The van der Waals surface area contributed by atoms with Crippen LogP contribution in [0.5, 0.6) is 5.75 Å². The first kappa shape index (κ1) is 13.1. The Morgan fingerprint density at radius 1 is 1.50 bits per heavy atom. The molecule has 1 aromatic rings. The van der Waals surface area contributed by atoms with Crippen molar-refractivity contribution in [3.63, 3.8) is 0 Å². The maximum atomic E-state index is 11.7. The molecule has 1 aliphatic heterocycles. The highest BCUT2D eigenvalue weighted by Crippen LogP contribution is 2.30. The van der Waals surface area contributed by atoms with Gasteiger partial charge in [-0.15, -0.1) is 0 Å². The number of nitrogens with zero attached hydrogens (tertiary/aromatic N) is 1. The molecule has 1 heterocycles. The molecule has 1 saturated heterocycles. The van der Waals surface area contributed by atoms with E-state index in [-0.39, 0.29) is 19.1 Å². The van der Waals surface area contributed by atoms with Gasteiger partial charge in [0, 0.05) is 19.2 Å². The number of ether oxygens (including phenoxy) is 1. The van der Waals surface area contributed by atoms with E-state index in [9.17, 15) is 4.79 Å². The van der Waals surface area contributed by atoms with E-state index < -0.39 is 0 Å². The lowest BCUT2D eigenvalue weighted by Gasteiger charge is -2.28. The van der Waals surface area contributed by atoms with Crippen molar-refractivity contribution in [3.8, 4) is 5.75 Å². The van der Waals surface area contributed by atoms with Crippen molar-refractivity contribution in [2.24, 2.45) is 0 Å². The summed E-state index contributed by atoms with van der Waals surface area (Å²) in [6, 6.07) is 5.16. The van der Waals surface area contributed by atoms with Gasteiger partial charge in [0.25, 0.3) is 0 Å². The van der Waals surface area contributed by atoms with Crippen LogP contribution in [0.4, 0.5) is 5.69 Å². The maximum Gasteiger partial charge on any atom is 0.241 e. The molecule has 0 radical (unpaired) electrons. The number of benzene rings is 1. The Labute approximate surface area is 110 Å². The van der Waals surface area contributed by atoms with Crippen LogP contribution in [0.1, 0.15) is 0 Å². The van der Waals surface area contributed by atoms with Crippen molar-refractivity contribution >= 4 is 23.2 Å². The highest BCUT2D eigenvalue weighted by molar-refractivity contribution is 6.34. The quantitative estimate of drug-likeness (QED) is 0.843. The highest BCUT2D eigenvalue weighted by atomic mass is 35.5. The van der Waals surface area contributed by atoms with Gasteiger partial charge in [0.1, 0.15) is 12.4 Å². The average Bonchev–Trinajstić information content (AvgIpc) is 2.38. The molecule has 6 heteroatoms. The van der Waals surface area contributed by atoms with Crippen molar-refractivity contribution in [2.45, 2.75) is 0 Å². The summed E-state index contributed by atoms with van der Waals surface area (Å²) in [5, 5.41) is 12.2. The molecule has 0 aromatic heterocycles. The summed E-state index contributed by atoms with van der Waals surface area (Å²) in [5.74, 6) is 0.590. The molecule has 1 aromatic carbocycles. The zero-order chi connectivity index (χ0) is 13.0. The first-order valence-electron chi connectivity index (χ1n) is 5.76. The standard InChI is InChI=1S/C12H15ClN2O3/c13-10-7-9(18-6-5-16)1-2-11(10)15-4-3-14-8-12(15)17/h1-2,7,14,16H,3-6,8H2. The molecule has 2 N–H and O–H groups in total. The van der Waals surface area contributed by atoms with Gasteiger partial charge >= 0.3 is 0 Å². The Kier molecular flexibility index (Phi) is 4.41. The summed E-state index contributed by atoms with van der Waals surface area (Å²) < 4.78 is 5.25. The molecular formula is C12H15ClN2O3. The molecule has 1 aliphatic rings. The molecule has 0 bridgehead atoms. The maximum absolute atomic E-state index is 11.7. The molecule has 1 fully saturated rings. The van der Waals surface area contributed by atoms with Gasteiger partial charge < -0.3 is 20.1 Å². The van der Waals surface area contributed by atoms with Crippen molar-refractivity contribution < 1.29 is 14.6 Å². The van der Waals surface area contributed by atoms with Gasteiger partial charge in [-0.3, -0.25) is 4.79 Å². The minimum atomic E-state index is -0.0460. The number of carbonyl (C=O) groups is 1. The van der Waals surface area contributed by atoms with Gasteiger partial charge in [0.2, 0.25) is 5.91 Å². The van der Waals surface area contributed by atoms with Crippen molar-refractivity contribution in [3.05, 3.63) is 23.2 Å². The monoisotopic (exact) mass is 270 g/mol. The number of aliphatic hydroxyl groups excluding tert-OH is 1. The molecule has 18 heavy (non-hydrogen) atoms. The number of anilines is 1. The van der Waals surface area contributed by atoms with E-state index in [1.807, 2.05) is 0 Å². The van der Waals surface area contributed by atoms with Gasteiger partial charge in [0.15, 0.2) is 0 Å². The van der Waals surface area contributed by atoms with Crippen LogP contribution in [-0.4, -0.2) is 43.9 Å². The van der Waals surface area contributed by atoms with Gasteiger partial charge in [-0.2, -0.15) is 0 Å². The second-order valence-electron chi connectivity index (χ2n) is 3.91. The van der Waals surface area contributed by atoms with E-state index in [0.717, 1.165) is 6.54 Å². The van der Waals surface area contributed by atoms with Gasteiger partial charge in [-0.25, -0.2) is 0 Å². The Hall–Kier alpha value is -1.30. The lowest BCUT2D eigenvalue weighted by molar-refractivity contribution is -0.118. The number of aliphatic hydroxyl groups is 1. The highest BCUT2D eigenvalue weighted by Gasteiger charge is 2.21. The smallest absolute Gasteiger partial charge is 0.241 e. The van der Waals surface area contributed by atoms with E-state index >= 15 is 0 Å². The zero-order valence-electron chi connectivity index (χ0n) is 9.86. The summed E-state index contributed by atoms with van der Waals surface area (Å²) in [6.45, 7) is 1.87. The number of nitrogens with one attached hydrogen (secondary N) is 1. The van der Waals surface area contributed by atoms with Crippen molar-refractivity contribution in [1.82, 2.24) is 5.32 Å². The molecule has 5 nitrogen and oxygen atoms in total. The largest absolute Gasteiger partial charge is 0.491 e. The van der Waals surface area contributed by atoms with E-state index in [1.54, 1.807) is 23.1 Å². The van der Waals surface area contributed by atoms with E-state index in [1.165, 1.54) is 0 Å². The van der Waals surface area contributed by atoms with Crippen LogP contribution in [0.2, 0.25) is 5.02 Å². The van der Waals surface area contributed by atoms with Crippen LogP contribution in [0, 0.1) is 0 Å². The predicted molar refractivity (Wildman–Crippen MR) is 69.3 cm³/mol. The minimum absolute atomic E-state index is 0.00664. The molecule has 0 atom stereocenters. The fourth-order valence-corrected chi connectivity index (χ4v) is 2.09. The number of amides is 1. The lowest BCUT2D eigenvalue weighted by atomic mass is 10.2. The molecule has 2 rings (SSSR count). The molecule has 0 unspecified atom stereocenters. The third-order valence-corrected chi connectivity index (χ3v) is 2.96. The number of hydrogen-bond acceptors (Lipinski definition) is 4. The average molecular weight is 271 g/mol. The normalized spacial score (nSPS) is 15.9. The van der Waals surface area contributed by atoms with E-state index in [2.05, 4.69) is 5.32 Å². The third kappa shape index (κ3) is 2.93. The zero-order valence-corrected chi connectivity index (χ0v) is 10.6.